The fourth-order valence-electron chi connectivity index (χ4n) is 2.14. The molecule has 1 unspecified atom stereocenters. The number of hydrogen-bond donors (Lipinski definition) is 2. The van der Waals surface area contributed by atoms with E-state index in [9.17, 15) is 0 Å². The van der Waals surface area contributed by atoms with Crippen molar-refractivity contribution < 1.29 is 0 Å². The molecule has 0 radical (unpaired) electrons. The minimum atomic E-state index is 0.537. The molecule has 0 bridgehead atoms. The molecule has 2 N–H and O–H groups in total. The predicted molar refractivity (Wildman–Crippen MR) is 84.3 cm³/mol. The Hall–Kier alpha value is -2.10. The molecule has 0 saturated heterocycles. The molecule has 1 heterocycles. The molecule has 2 aromatic rings. The first-order valence-corrected chi connectivity index (χ1v) is 7.01. The van der Waals surface area contributed by atoms with Gasteiger partial charge in [0.15, 0.2) is 0 Å². The van der Waals surface area contributed by atoms with Crippen LogP contribution in [0.25, 0.3) is 0 Å². The lowest BCUT2D eigenvalue weighted by atomic mass is 9.98. The Kier molecular flexibility index (Phi) is 4.93. The third kappa shape index (κ3) is 3.95. The van der Waals surface area contributed by atoms with E-state index in [1.165, 1.54) is 5.56 Å². The molecule has 1 atom stereocenters. The molecule has 4 nitrogen and oxygen atoms in total. The first-order chi connectivity index (χ1) is 9.69. The van der Waals surface area contributed by atoms with Crippen molar-refractivity contribution in [3.8, 4) is 0 Å². The summed E-state index contributed by atoms with van der Waals surface area (Å²) < 4.78 is 0. The molecule has 2 rings (SSSR count). The summed E-state index contributed by atoms with van der Waals surface area (Å²) >= 11 is 0. The first-order valence-electron chi connectivity index (χ1n) is 7.01. The highest BCUT2D eigenvalue weighted by Gasteiger charge is 2.05. The lowest BCUT2D eigenvalue weighted by Crippen LogP contribution is -2.09. The van der Waals surface area contributed by atoms with Gasteiger partial charge >= 0.3 is 0 Å². The SMILES string of the molecule is CNc1nc(C)cc(NCCC(C)c2ccccc2)n1. The topological polar surface area (TPSA) is 49.8 Å². The van der Waals surface area contributed by atoms with E-state index in [-0.39, 0.29) is 0 Å². The van der Waals surface area contributed by atoms with Gasteiger partial charge in [0.05, 0.1) is 0 Å². The van der Waals surface area contributed by atoms with Crippen molar-refractivity contribution in [2.45, 2.75) is 26.2 Å². The van der Waals surface area contributed by atoms with E-state index in [1.807, 2.05) is 20.0 Å². The van der Waals surface area contributed by atoms with Crippen molar-refractivity contribution in [2.24, 2.45) is 0 Å². The standard InChI is InChI=1S/C16H22N4/c1-12(14-7-5-4-6-8-14)9-10-18-15-11-13(2)19-16(17-3)20-15/h4-8,11-12H,9-10H2,1-3H3,(H2,17,18,19,20). The highest BCUT2D eigenvalue weighted by Crippen LogP contribution is 2.18. The van der Waals surface area contributed by atoms with Gasteiger partial charge in [0.1, 0.15) is 5.82 Å². The van der Waals surface area contributed by atoms with E-state index in [4.69, 9.17) is 0 Å². The van der Waals surface area contributed by atoms with Gasteiger partial charge < -0.3 is 10.6 Å². The molecule has 0 amide bonds. The van der Waals surface area contributed by atoms with E-state index in [0.29, 0.717) is 11.9 Å². The molecule has 1 aromatic heterocycles. The Bertz CT molecular complexity index is 539. The molecular weight excluding hydrogens is 248 g/mol. The summed E-state index contributed by atoms with van der Waals surface area (Å²) in [6.45, 7) is 5.12. The van der Waals surface area contributed by atoms with Gasteiger partial charge in [-0.1, -0.05) is 37.3 Å². The van der Waals surface area contributed by atoms with Crippen LogP contribution < -0.4 is 10.6 Å². The molecule has 1 aromatic carbocycles. The van der Waals surface area contributed by atoms with Gasteiger partial charge in [-0.05, 0) is 24.8 Å². The second-order valence-electron chi connectivity index (χ2n) is 5.00. The summed E-state index contributed by atoms with van der Waals surface area (Å²) in [5.41, 5.74) is 2.34. The van der Waals surface area contributed by atoms with Crippen molar-refractivity contribution in [2.75, 3.05) is 24.2 Å². The van der Waals surface area contributed by atoms with Crippen LogP contribution in [0.1, 0.15) is 30.5 Å². The summed E-state index contributed by atoms with van der Waals surface area (Å²) in [5, 5.41) is 6.34. The average Bonchev–Trinajstić information content (AvgIpc) is 2.47. The van der Waals surface area contributed by atoms with Gasteiger partial charge in [0.2, 0.25) is 5.95 Å². The average molecular weight is 270 g/mol. The van der Waals surface area contributed by atoms with Crippen LogP contribution in [0.15, 0.2) is 36.4 Å². The molecule has 0 aliphatic heterocycles. The van der Waals surface area contributed by atoms with Gasteiger partial charge in [-0.2, -0.15) is 4.98 Å². The molecule has 0 aliphatic rings. The number of hydrogen-bond acceptors (Lipinski definition) is 4. The number of aromatic nitrogens is 2. The normalized spacial score (nSPS) is 11.9. The summed E-state index contributed by atoms with van der Waals surface area (Å²) in [4.78, 5) is 8.67. The molecule has 0 aliphatic carbocycles. The molecular formula is C16H22N4. The van der Waals surface area contributed by atoms with Gasteiger partial charge in [-0.3, -0.25) is 0 Å². The van der Waals surface area contributed by atoms with E-state index < -0.39 is 0 Å². The van der Waals surface area contributed by atoms with Crippen LogP contribution in [-0.2, 0) is 0 Å². The number of nitrogens with one attached hydrogen (secondary N) is 2. The Balaban J connectivity index is 1.88. The third-order valence-corrected chi connectivity index (χ3v) is 3.33. The predicted octanol–water partition coefficient (Wildman–Crippen LogP) is 3.43. The highest BCUT2D eigenvalue weighted by atomic mass is 15.1. The zero-order chi connectivity index (χ0) is 14.4. The maximum atomic E-state index is 4.39. The molecule has 0 saturated carbocycles. The largest absolute Gasteiger partial charge is 0.370 e. The number of nitrogens with zero attached hydrogens (tertiary/aromatic N) is 2. The smallest absolute Gasteiger partial charge is 0.224 e. The van der Waals surface area contributed by atoms with E-state index in [1.54, 1.807) is 0 Å². The fourth-order valence-corrected chi connectivity index (χ4v) is 2.14. The van der Waals surface area contributed by atoms with E-state index in [2.05, 4.69) is 57.9 Å². The van der Waals surface area contributed by atoms with Crippen LogP contribution >= 0.6 is 0 Å². The van der Waals surface area contributed by atoms with Crippen molar-refractivity contribution in [3.05, 3.63) is 47.7 Å². The fraction of sp³-hybridized carbons (Fsp3) is 0.375. The summed E-state index contributed by atoms with van der Waals surface area (Å²) in [6.07, 6.45) is 1.07. The Labute approximate surface area is 120 Å². The van der Waals surface area contributed by atoms with Crippen LogP contribution in [0.3, 0.4) is 0 Å². The lowest BCUT2D eigenvalue weighted by molar-refractivity contribution is 0.704. The van der Waals surface area contributed by atoms with Crippen LogP contribution in [0, 0.1) is 6.92 Å². The van der Waals surface area contributed by atoms with E-state index >= 15 is 0 Å². The second-order valence-corrected chi connectivity index (χ2v) is 5.00. The molecule has 4 heteroatoms. The minimum absolute atomic E-state index is 0.537. The Morgan fingerprint density at radius 1 is 1.15 bits per heavy atom. The van der Waals surface area contributed by atoms with Crippen molar-refractivity contribution in [1.29, 1.82) is 0 Å². The molecule has 20 heavy (non-hydrogen) atoms. The summed E-state index contributed by atoms with van der Waals surface area (Å²) in [6, 6.07) is 12.6. The number of rotatable bonds is 6. The monoisotopic (exact) mass is 270 g/mol. The van der Waals surface area contributed by atoms with Crippen molar-refractivity contribution in [3.63, 3.8) is 0 Å². The lowest BCUT2D eigenvalue weighted by Gasteiger charge is -2.13. The van der Waals surface area contributed by atoms with Crippen LogP contribution in [0.4, 0.5) is 11.8 Å². The van der Waals surface area contributed by atoms with Crippen molar-refractivity contribution >= 4 is 11.8 Å². The Morgan fingerprint density at radius 2 is 1.90 bits per heavy atom. The minimum Gasteiger partial charge on any atom is -0.370 e. The Morgan fingerprint density at radius 3 is 2.60 bits per heavy atom. The van der Waals surface area contributed by atoms with Crippen LogP contribution in [0.2, 0.25) is 0 Å². The molecule has 0 fully saturated rings. The summed E-state index contributed by atoms with van der Waals surface area (Å²) in [7, 11) is 1.83. The maximum absolute atomic E-state index is 4.39. The highest BCUT2D eigenvalue weighted by molar-refractivity contribution is 5.41. The zero-order valence-electron chi connectivity index (χ0n) is 12.4. The number of anilines is 2. The van der Waals surface area contributed by atoms with E-state index in [0.717, 1.165) is 24.5 Å². The summed E-state index contributed by atoms with van der Waals surface area (Å²) in [5.74, 6) is 2.07. The van der Waals surface area contributed by atoms with Crippen molar-refractivity contribution in [1.82, 2.24) is 9.97 Å². The van der Waals surface area contributed by atoms with Gasteiger partial charge in [0.25, 0.3) is 0 Å². The third-order valence-electron chi connectivity index (χ3n) is 3.33. The molecule has 0 spiro atoms. The quantitative estimate of drug-likeness (QED) is 0.844. The number of benzene rings is 1. The zero-order valence-corrected chi connectivity index (χ0v) is 12.4. The molecule has 106 valence electrons. The van der Waals surface area contributed by atoms with Gasteiger partial charge in [-0.25, -0.2) is 4.98 Å². The van der Waals surface area contributed by atoms with Gasteiger partial charge in [0, 0.05) is 25.4 Å². The van der Waals surface area contributed by atoms with Crippen LogP contribution in [0.5, 0.6) is 0 Å². The van der Waals surface area contributed by atoms with Crippen LogP contribution in [-0.4, -0.2) is 23.6 Å². The van der Waals surface area contributed by atoms with Gasteiger partial charge in [-0.15, -0.1) is 0 Å². The number of aryl methyl sites for hydroxylation is 1. The first kappa shape index (κ1) is 14.3. The second kappa shape index (κ2) is 6.89. The maximum Gasteiger partial charge on any atom is 0.224 e.